The molecule has 1 atom stereocenters. The summed E-state index contributed by atoms with van der Waals surface area (Å²) in [5, 5.41) is 6.31. The fraction of sp³-hybridized carbons (Fsp3) is 0.636. The van der Waals surface area contributed by atoms with Crippen molar-refractivity contribution >= 4 is 17.5 Å². The first-order chi connectivity index (χ1) is 8.36. The van der Waals surface area contributed by atoms with E-state index >= 15 is 0 Å². The number of nitrogens with one attached hydrogen (secondary N) is 1. The molecule has 0 spiro atoms. The van der Waals surface area contributed by atoms with E-state index in [9.17, 15) is 13.6 Å². The van der Waals surface area contributed by atoms with Gasteiger partial charge in [0.1, 0.15) is 12.2 Å². The molecule has 0 aliphatic heterocycles. The summed E-state index contributed by atoms with van der Waals surface area (Å²) in [5.41, 5.74) is -0.114. The van der Waals surface area contributed by atoms with Crippen LogP contribution in [-0.2, 0) is 11.3 Å². The van der Waals surface area contributed by atoms with Crippen molar-refractivity contribution in [1.82, 2.24) is 15.1 Å². The van der Waals surface area contributed by atoms with E-state index in [-0.39, 0.29) is 23.5 Å². The molecule has 4 nitrogen and oxygen atoms in total. The van der Waals surface area contributed by atoms with Crippen LogP contribution in [-0.4, -0.2) is 21.7 Å². The number of alkyl halides is 2. The summed E-state index contributed by atoms with van der Waals surface area (Å²) in [6.07, 6.45) is -1.94. The van der Waals surface area contributed by atoms with Crippen molar-refractivity contribution in [3.05, 3.63) is 16.4 Å². The van der Waals surface area contributed by atoms with Gasteiger partial charge in [-0.15, -0.1) is 0 Å². The van der Waals surface area contributed by atoms with E-state index in [4.69, 9.17) is 11.6 Å². The van der Waals surface area contributed by atoms with Crippen LogP contribution in [0, 0.1) is 6.92 Å². The Morgan fingerprint density at radius 2 is 2.17 bits per heavy atom. The number of halogens is 3. The van der Waals surface area contributed by atoms with Crippen molar-refractivity contribution in [2.45, 2.75) is 46.2 Å². The summed E-state index contributed by atoms with van der Waals surface area (Å²) in [6.45, 7) is 5.25. The third-order valence-corrected chi connectivity index (χ3v) is 3.15. The van der Waals surface area contributed by atoms with Crippen LogP contribution in [0.4, 0.5) is 8.78 Å². The van der Waals surface area contributed by atoms with Crippen molar-refractivity contribution in [2.24, 2.45) is 0 Å². The summed E-state index contributed by atoms with van der Waals surface area (Å²) in [4.78, 5) is 11.6. The van der Waals surface area contributed by atoms with Gasteiger partial charge in [-0.25, -0.2) is 8.78 Å². The summed E-state index contributed by atoms with van der Waals surface area (Å²) in [5.74, 6) is -0.271. The van der Waals surface area contributed by atoms with Crippen LogP contribution < -0.4 is 5.32 Å². The molecule has 0 aliphatic rings. The zero-order chi connectivity index (χ0) is 13.9. The molecule has 1 heterocycles. The second-order valence-electron chi connectivity index (χ2n) is 4.12. The lowest BCUT2D eigenvalue weighted by Gasteiger charge is -2.11. The van der Waals surface area contributed by atoms with E-state index in [2.05, 4.69) is 10.4 Å². The standard InChI is InChI=1S/C11H16ClF2N3O/c1-4-6(2)15-8(18)5-17-7(3)9(12)10(16-17)11(13)14/h6,11H,4-5H2,1-3H3,(H,15,18). The van der Waals surface area contributed by atoms with Gasteiger partial charge < -0.3 is 5.32 Å². The number of hydrogen-bond acceptors (Lipinski definition) is 2. The summed E-state index contributed by atoms with van der Waals surface area (Å²) < 4.78 is 26.3. The Bertz CT molecular complexity index is 434. The molecule has 0 bridgehead atoms. The fourth-order valence-corrected chi connectivity index (χ4v) is 1.62. The Morgan fingerprint density at radius 3 is 2.61 bits per heavy atom. The minimum atomic E-state index is -2.74. The zero-order valence-corrected chi connectivity index (χ0v) is 11.3. The molecule has 1 unspecified atom stereocenters. The van der Waals surface area contributed by atoms with E-state index in [0.717, 1.165) is 6.42 Å². The predicted molar refractivity (Wildman–Crippen MR) is 64.8 cm³/mol. The highest BCUT2D eigenvalue weighted by atomic mass is 35.5. The maximum atomic E-state index is 12.6. The lowest BCUT2D eigenvalue weighted by atomic mass is 10.2. The van der Waals surface area contributed by atoms with Crippen LogP contribution in [0.3, 0.4) is 0 Å². The highest BCUT2D eigenvalue weighted by molar-refractivity contribution is 6.31. The van der Waals surface area contributed by atoms with Crippen LogP contribution in [0.2, 0.25) is 5.02 Å². The normalized spacial score (nSPS) is 12.8. The minimum absolute atomic E-state index is 0.0402. The van der Waals surface area contributed by atoms with Crippen LogP contribution in [0.15, 0.2) is 0 Å². The molecule has 1 aromatic heterocycles. The zero-order valence-electron chi connectivity index (χ0n) is 10.5. The van der Waals surface area contributed by atoms with E-state index in [0.29, 0.717) is 5.69 Å². The van der Waals surface area contributed by atoms with Crippen molar-refractivity contribution in [3.63, 3.8) is 0 Å². The smallest absolute Gasteiger partial charge is 0.283 e. The summed E-state index contributed by atoms with van der Waals surface area (Å²) in [6, 6.07) is 0.0402. The highest BCUT2D eigenvalue weighted by Crippen LogP contribution is 2.28. The van der Waals surface area contributed by atoms with Gasteiger partial charge in [0.05, 0.1) is 10.7 Å². The van der Waals surface area contributed by atoms with Gasteiger partial charge in [0.25, 0.3) is 6.43 Å². The Morgan fingerprint density at radius 1 is 1.56 bits per heavy atom. The quantitative estimate of drug-likeness (QED) is 0.901. The average Bonchev–Trinajstić information content (AvgIpc) is 2.57. The van der Waals surface area contributed by atoms with E-state index in [1.165, 1.54) is 4.68 Å². The maximum Gasteiger partial charge on any atom is 0.283 e. The van der Waals surface area contributed by atoms with Crippen LogP contribution in [0.25, 0.3) is 0 Å². The van der Waals surface area contributed by atoms with Crippen LogP contribution in [0.1, 0.15) is 38.1 Å². The molecule has 1 aromatic rings. The van der Waals surface area contributed by atoms with E-state index in [1.54, 1.807) is 6.92 Å². The van der Waals surface area contributed by atoms with E-state index in [1.807, 2.05) is 13.8 Å². The number of carbonyl (C=O) groups is 1. The molecule has 1 N–H and O–H groups in total. The van der Waals surface area contributed by atoms with E-state index < -0.39 is 12.1 Å². The minimum Gasteiger partial charge on any atom is -0.352 e. The Balaban J connectivity index is 2.79. The highest BCUT2D eigenvalue weighted by Gasteiger charge is 2.21. The first-order valence-corrected chi connectivity index (χ1v) is 6.04. The largest absolute Gasteiger partial charge is 0.352 e. The number of carbonyl (C=O) groups excluding carboxylic acids is 1. The number of nitrogens with zero attached hydrogens (tertiary/aromatic N) is 2. The molecule has 0 aliphatic carbocycles. The van der Waals surface area contributed by atoms with Gasteiger partial charge in [0.2, 0.25) is 5.91 Å². The Hall–Kier alpha value is -1.17. The number of hydrogen-bond donors (Lipinski definition) is 1. The van der Waals surface area contributed by atoms with Gasteiger partial charge in [-0.3, -0.25) is 9.48 Å². The number of aromatic nitrogens is 2. The van der Waals surface area contributed by atoms with Crippen molar-refractivity contribution in [2.75, 3.05) is 0 Å². The predicted octanol–water partition coefficient (Wildman–Crippen LogP) is 2.70. The maximum absolute atomic E-state index is 12.6. The third kappa shape index (κ3) is 3.41. The molecule has 0 fully saturated rings. The van der Waals surface area contributed by atoms with Gasteiger partial charge in [-0.1, -0.05) is 18.5 Å². The molecular weight excluding hydrogens is 264 g/mol. The molecule has 0 saturated heterocycles. The SMILES string of the molecule is CCC(C)NC(=O)Cn1nc(C(F)F)c(Cl)c1C. The van der Waals surface area contributed by atoms with Crippen LogP contribution >= 0.6 is 11.6 Å². The van der Waals surface area contributed by atoms with Crippen molar-refractivity contribution in [3.8, 4) is 0 Å². The molecule has 0 aromatic carbocycles. The summed E-state index contributed by atoms with van der Waals surface area (Å²) >= 11 is 5.73. The molecule has 1 rings (SSSR count). The van der Waals surface area contributed by atoms with Gasteiger partial charge in [0.15, 0.2) is 0 Å². The third-order valence-electron chi connectivity index (χ3n) is 2.68. The Kier molecular flexibility index (Phi) is 5.07. The topological polar surface area (TPSA) is 46.9 Å². The molecule has 1 amide bonds. The first-order valence-electron chi connectivity index (χ1n) is 5.67. The molecular formula is C11H16ClF2N3O. The lowest BCUT2D eigenvalue weighted by Crippen LogP contribution is -2.35. The van der Waals surface area contributed by atoms with Crippen molar-refractivity contribution < 1.29 is 13.6 Å². The average molecular weight is 280 g/mol. The van der Waals surface area contributed by atoms with Gasteiger partial charge in [0, 0.05) is 6.04 Å². The van der Waals surface area contributed by atoms with Crippen molar-refractivity contribution in [1.29, 1.82) is 0 Å². The second-order valence-corrected chi connectivity index (χ2v) is 4.50. The molecule has 7 heteroatoms. The molecule has 0 radical (unpaired) electrons. The first kappa shape index (κ1) is 14.9. The molecule has 0 saturated carbocycles. The summed E-state index contributed by atoms with van der Waals surface area (Å²) in [7, 11) is 0. The molecule has 18 heavy (non-hydrogen) atoms. The molecule has 102 valence electrons. The fourth-order valence-electron chi connectivity index (χ4n) is 1.40. The van der Waals surface area contributed by atoms with Gasteiger partial charge in [-0.05, 0) is 20.3 Å². The van der Waals surface area contributed by atoms with Gasteiger partial charge >= 0.3 is 0 Å². The van der Waals surface area contributed by atoms with Gasteiger partial charge in [-0.2, -0.15) is 5.10 Å². The second kappa shape index (κ2) is 6.13. The number of amides is 1. The lowest BCUT2D eigenvalue weighted by molar-refractivity contribution is -0.122. The Labute approximate surface area is 109 Å². The monoisotopic (exact) mass is 279 g/mol. The van der Waals surface area contributed by atoms with Crippen LogP contribution in [0.5, 0.6) is 0 Å². The number of rotatable bonds is 5.